The molecule has 0 bridgehead atoms. The van der Waals surface area contributed by atoms with Crippen LogP contribution >= 0.6 is 0 Å². The molecule has 0 N–H and O–H groups in total. The molecule has 0 amide bonds. The summed E-state index contributed by atoms with van der Waals surface area (Å²) < 4.78 is 16.0. The van der Waals surface area contributed by atoms with Crippen LogP contribution in [0.5, 0.6) is 11.5 Å². The summed E-state index contributed by atoms with van der Waals surface area (Å²) in [6.07, 6.45) is 1.09. The van der Waals surface area contributed by atoms with Crippen molar-refractivity contribution in [1.82, 2.24) is 0 Å². The van der Waals surface area contributed by atoms with Gasteiger partial charge in [-0.2, -0.15) is 0 Å². The lowest BCUT2D eigenvalue weighted by Crippen LogP contribution is -2.08. The molecule has 1 atom stereocenters. The molecule has 0 aromatic heterocycles. The first-order chi connectivity index (χ1) is 7.71. The van der Waals surface area contributed by atoms with Gasteiger partial charge >= 0.3 is 0 Å². The van der Waals surface area contributed by atoms with Crippen molar-refractivity contribution < 1.29 is 14.2 Å². The van der Waals surface area contributed by atoms with E-state index < -0.39 is 0 Å². The third-order valence-corrected chi connectivity index (χ3v) is 2.45. The maximum Gasteiger partial charge on any atom is 0.161 e. The highest BCUT2D eigenvalue weighted by Crippen LogP contribution is 2.28. The summed E-state index contributed by atoms with van der Waals surface area (Å²) in [6.45, 7) is 4.65. The molecule has 1 aromatic rings. The van der Waals surface area contributed by atoms with Crippen molar-refractivity contribution in [3.8, 4) is 11.5 Å². The molecule has 0 fully saturated rings. The zero-order chi connectivity index (χ0) is 12.0. The van der Waals surface area contributed by atoms with Gasteiger partial charge in [0.15, 0.2) is 11.5 Å². The molecule has 1 unspecified atom stereocenters. The molecule has 16 heavy (non-hydrogen) atoms. The third kappa shape index (κ3) is 3.42. The molecular formula is C13H20O3. The van der Waals surface area contributed by atoms with Crippen LogP contribution in [0, 0.1) is 0 Å². The highest BCUT2D eigenvalue weighted by atomic mass is 16.5. The Labute approximate surface area is 97.3 Å². The smallest absolute Gasteiger partial charge is 0.161 e. The molecule has 0 radical (unpaired) electrons. The van der Waals surface area contributed by atoms with Crippen LogP contribution in [-0.2, 0) is 11.2 Å². The van der Waals surface area contributed by atoms with Gasteiger partial charge in [0.1, 0.15) is 0 Å². The fourth-order valence-electron chi connectivity index (χ4n) is 1.53. The van der Waals surface area contributed by atoms with Crippen LogP contribution in [0.1, 0.15) is 19.4 Å². The Hall–Kier alpha value is -1.22. The van der Waals surface area contributed by atoms with Crippen LogP contribution in [0.25, 0.3) is 0 Å². The van der Waals surface area contributed by atoms with Gasteiger partial charge in [-0.15, -0.1) is 0 Å². The Bertz CT molecular complexity index is 323. The Morgan fingerprint density at radius 3 is 2.50 bits per heavy atom. The van der Waals surface area contributed by atoms with E-state index in [4.69, 9.17) is 14.2 Å². The minimum absolute atomic E-state index is 0.211. The summed E-state index contributed by atoms with van der Waals surface area (Å²) in [5, 5.41) is 0. The molecule has 3 nitrogen and oxygen atoms in total. The highest BCUT2D eigenvalue weighted by molar-refractivity contribution is 5.43. The number of benzene rings is 1. The van der Waals surface area contributed by atoms with Crippen LogP contribution in [0.3, 0.4) is 0 Å². The van der Waals surface area contributed by atoms with Gasteiger partial charge in [0.05, 0.1) is 19.8 Å². The van der Waals surface area contributed by atoms with Gasteiger partial charge in [-0.3, -0.25) is 0 Å². The van der Waals surface area contributed by atoms with Gasteiger partial charge in [0.25, 0.3) is 0 Å². The molecule has 1 aromatic carbocycles. The monoisotopic (exact) mass is 224 g/mol. The van der Waals surface area contributed by atoms with Crippen LogP contribution in [0.4, 0.5) is 0 Å². The van der Waals surface area contributed by atoms with Gasteiger partial charge < -0.3 is 14.2 Å². The Morgan fingerprint density at radius 2 is 1.94 bits per heavy atom. The van der Waals surface area contributed by atoms with Crippen molar-refractivity contribution in [3.05, 3.63) is 23.8 Å². The molecule has 0 saturated carbocycles. The Balaban J connectivity index is 2.84. The summed E-state index contributed by atoms with van der Waals surface area (Å²) in [6, 6.07) is 5.98. The van der Waals surface area contributed by atoms with E-state index in [1.165, 1.54) is 5.56 Å². The average Bonchev–Trinajstić information content (AvgIpc) is 2.30. The first-order valence-electron chi connectivity index (χ1n) is 5.53. The summed E-state index contributed by atoms with van der Waals surface area (Å²) in [4.78, 5) is 0. The second-order valence-corrected chi connectivity index (χ2v) is 3.67. The molecule has 0 saturated heterocycles. The van der Waals surface area contributed by atoms with Crippen molar-refractivity contribution >= 4 is 0 Å². The highest BCUT2D eigenvalue weighted by Gasteiger charge is 2.07. The third-order valence-electron chi connectivity index (χ3n) is 2.45. The van der Waals surface area contributed by atoms with E-state index in [0.717, 1.165) is 17.9 Å². The number of hydrogen-bond acceptors (Lipinski definition) is 3. The first-order valence-corrected chi connectivity index (χ1v) is 5.53. The van der Waals surface area contributed by atoms with E-state index >= 15 is 0 Å². The van der Waals surface area contributed by atoms with Gasteiger partial charge in [-0.25, -0.2) is 0 Å². The van der Waals surface area contributed by atoms with Gasteiger partial charge in [0, 0.05) is 7.11 Å². The topological polar surface area (TPSA) is 27.7 Å². The Kier molecular flexibility index (Phi) is 5.12. The fraction of sp³-hybridized carbons (Fsp3) is 0.538. The van der Waals surface area contributed by atoms with Gasteiger partial charge in [-0.1, -0.05) is 6.07 Å². The normalized spacial score (nSPS) is 12.2. The molecular weight excluding hydrogens is 204 g/mol. The maximum atomic E-state index is 5.52. The number of ether oxygens (including phenoxy) is 3. The summed E-state index contributed by atoms with van der Waals surface area (Å²) in [5.74, 6) is 1.57. The lowest BCUT2D eigenvalue weighted by Gasteiger charge is -2.13. The van der Waals surface area contributed by atoms with E-state index in [0.29, 0.717) is 6.61 Å². The van der Waals surface area contributed by atoms with Crippen molar-refractivity contribution in [3.63, 3.8) is 0 Å². The molecule has 0 heterocycles. The molecule has 0 aliphatic carbocycles. The van der Waals surface area contributed by atoms with Crippen molar-refractivity contribution in [2.75, 3.05) is 20.8 Å². The number of hydrogen-bond donors (Lipinski definition) is 0. The number of methoxy groups -OCH3 is 2. The molecule has 0 spiro atoms. The second kappa shape index (κ2) is 6.38. The summed E-state index contributed by atoms with van der Waals surface area (Å²) in [5.41, 5.74) is 1.19. The van der Waals surface area contributed by atoms with Crippen molar-refractivity contribution in [2.24, 2.45) is 0 Å². The van der Waals surface area contributed by atoms with Crippen LogP contribution < -0.4 is 9.47 Å². The van der Waals surface area contributed by atoms with Gasteiger partial charge in [-0.05, 0) is 38.0 Å². The lowest BCUT2D eigenvalue weighted by atomic mass is 10.1. The second-order valence-electron chi connectivity index (χ2n) is 3.67. The van der Waals surface area contributed by atoms with E-state index in [9.17, 15) is 0 Å². The first kappa shape index (κ1) is 12.8. The molecule has 0 aliphatic rings. The maximum absolute atomic E-state index is 5.52. The fourth-order valence-corrected chi connectivity index (χ4v) is 1.53. The predicted octanol–water partition coefficient (Wildman–Crippen LogP) is 2.67. The summed E-state index contributed by atoms with van der Waals surface area (Å²) in [7, 11) is 3.37. The predicted molar refractivity (Wildman–Crippen MR) is 64.3 cm³/mol. The lowest BCUT2D eigenvalue weighted by molar-refractivity contribution is 0.118. The standard InChI is InChI=1S/C13H20O3/c1-5-16-13-9-11(8-10(2)14-3)6-7-12(13)15-4/h6-7,9-10H,5,8H2,1-4H3. The van der Waals surface area contributed by atoms with E-state index in [1.807, 2.05) is 32.0 Å². The zero-order valence-electron chi connectivity index (χ0n) is 10.4. The zero-order valence-corrected chi connectivity index (χ0v) is 10.4. The number of rotatable bonds is 6. The minimum atomic E-state index is 0.211. The SMILES string of the molecule is CCOc1cc(CC(C)OC)ccc1OC. The van der Waals surface area contributed by atoms with E-state index in [-0.39, 0.29) is 6.10 Å². The van der Waals surface area contributed by atoms with E-state index in [2.05, 4.69) is 0 Å². The van der Waals surface area contributed by atoms with Crippen molar-refractivity contribution in [1.29, 1.82) is 0 Å². The largest absolute Gasteiger partial charge is 0.493 e. The van der Waals surface area contributed by atoms with Crippen molar-refractivity contribution in [2.45, 2.75) is 26.4 Å². The van der Waals surface area contributed by atoms with Crippen LogP contribution in [0.2, 0.25) is 0 Å². The minimum Gasteiger partial charge on any atom is -0.493 e. The van der Waals surface area contributed by atoms with Crippen LogP contribution in [0.15, 0.2) is 18.2 Å². The quantitative estimate of drug-likeness (QED) is 0.743. The van der Waals surface area contributed by atoms with Gasteiger partial charge in [0.2, 0.25) is 0 Å². The Morgan fingerprint density at radius 1 is 1.19 bits per heavy atom. The molecule has 90 valence electrons. The molecule has 3 heteroatoms. The molecule has 0 aliphatic heterocycles. The van der Waals surface area contributed by atoms with Crippen LogP contribution in [-0.4, -0.2) is 26.9 Å². The summed E-state index contributed by atoms with van der Waals surface area (Å²) >= 11 is 0. The molecule has 1 rings (SSSR count). The average molecular weight is 224 g/mol. The van der Waals surface area contributed by atoms with E-state index in [1.54, 1.807) is 14.2 Å².